The van der Waals surface area contributed by atoms with Crippen molar-refractivity contribution in [2.24, 2.45) is 0 Å². The molecule has 116 valence electrons. The molecule has 1 amide bonds. The fraction of sp³-hybridized carbons (Fsp3) is 0.375. The van der Waals surface area contributed by atoms with E-state index < -0.39 is 0 Å². The first kappa shape index (κ1) is 14.6. The number of ether oxygens (including phenoxy) is 1. The van der Waals surface area contributed by atoms with Crippen molar-refractivity contribution in [1.29, 1.82) is 0 Å². The Hall–Kier alpha value is -2.34. The summed E-state index contributed by atoms with van der Waals surface area (Å²) in [5.74, 6) is 0.792. The number of hydrogen-bond acceptors (Lipinski definition) is 5. The van der Waals surface area contributed by atoms with Crippen molar-refractivity contribution in [3.8, 4) is 0 Å². The number of aromatic nitrogens is 1. The van der Waals surface area contributed by atoms with E-state index >= 15 is 0 Å². The fourth-order valence-electron chi connectivity index (χ4n) is 2.41. The van der Waals surface area contributed by atoms with Crippen LogP contribution in [0.5, 0.6) is 0 Å². The zero-order valence-electron chi connectivity index (χ0n) is 12.5. The van der Waals surface area contributed by atoms with E-state index in [1.807, 2.05) is 12.1 Å². The molecule has 1 saturated heterocycles. The lowest BCUT2D eigenvalue weighted by Crippen LogP contribution is -2.41. The predicted octanol–water partition coefficient (Wildman–Crippen LogP) is 1.83. The summed E-state index contributed by atoms with van der Waals surface area (Å²) in [5.41, 5.74) is 1.48. The molecular formula is C16H19N3O3. The molecule has 2 aromatic heterocycles. The van der Waals surface area contributed by atoms with Gasteiger partial charge in [-0.25, -0.2) is 4.98 Å². The number of amides is 1. The molecule has 3 heterocycles. The lowest BCUT2D eigenvalue weighted by atomic mass is 10.2. The predicted molar refractivity (Wildman–Crippen MR) is 81.7 cm³/mol. The fourth-order valence-corrected chi connectivity index (χ4v) is 2.41. The molecule has 1 N–H and O–H groups in total. The van der Waals surface area contributed by atoms with E-state index in [9.17, 15) is 4.79 Å². The number of anilines is 1. The number of carbonyl (C=O) groups excluding carboxylic acids is 1. The maximum Gasteiger partial charge on any atom is 0.254 e. The molecular weight excluding hydrogens is 282 g/mol. The maximum absolute atomic E-state index is 11.8. The summed E-state index contributed by atoms with van der Waals surface area (Å²) >= 11 is 0. The number of rotatable bonds is 4. The monoisotopic (exact) mass is 301 g/mol. The Morgan fingerprint density at radius 1 is 1.45 bits per heavy atom. The van der Waals surface area contributed by atoms with Gasteiger partial charge in [0, 0.05) is 25.8 Å². The Bertz CT molecular complexity index is 610. The first-order valence-corrected chi connectivity index (χ1v) is 7.34. The highest BCUT2D eigenvalue weighted by Crippen LogP contribution is 2.15. The number of nitrogens with zero attached hydrogens (tertiary/aromatic N) is 2. The number of morpholine rings is 1. The quantitative estimate of drug-likeness (QED) is 0.933. The topological polar surface area (TPSA) is 67.6 Å². The molecule has 0 aliphatic carbocycles. The number of hydrogen-bond donors (Lipinski definition) is 1. The van der Waals surface area contributed by atoms with Crippen molar-refractivity contribution in [1.82, 2.24) is 10.3 Å². The summed E-state index contributed by atoms with van der Waals surface area (Å²) < 4.78 is 10.4. The molecule has 6 nitrogen and oxygen atoms in total. The van der Waals surface area contributed by atoms with Crippen LogP contribution < -0.4 is 10.2 Å². The van der Waals surface area contributed by atoms with E-state index in [-0.39, 0.29) is 12.0 Å². The zero-order chi connectivity index (χ0) is 15.4. The van der Waals surface area contributed by atoms with Crippen LogP contribution in [0, 0.1) is 0 Å². The standard InChI is InChI=1S/C16H19N3O3/c1-12-10-19(5-7-22-12)15-3-2-13(8-17-15)9-18-16(20)14-4-6-21-11-14/h2-4,6,8,11-12H,5,7,9-10H2,1H3,(H,18,20). The second-order valence-corrected chi connectivity index (χ2v) is 5.35. The van der Waals surface area contributed by atoms with Gasteiger partial charge in [-0.1, -0.05) is 6.07 Å². The maximum atomic E-state index is 11.8. The van der Waals surface area contributed by atoms with E-state index in [2.05, 4.69) is 22.1 Å². The van der Waals surface area contributed by atoms with Crippen molar-refractivity contribution in [3.63, 3.8) is 0 Å². The largest absolute Gasteiger partial charge is 0.472 e. The minimum Gasteiger partial charge on any atom is -0.472 e. The Morgan fingerprint density at radius 2 is 2.36 bits per heavy atom. The molecule has 0 aromatic carbocycles. The molecule has 0 saturated carbocycles. The first-order chi connectivity index (χ1) is 10.7. The number of furan rings is 1. The highest BCUT2D eigenvalue weighted by Gasteiger charge is 2.17. The Morgan fingerprint density at radius 3 is 3.05 bits per heavy atom. The summed E-state index contributed by atoms with van der Waals surface area (Å²) in [6.07, 6.45) is 4.93. The molecule has 1 fully saturated rings. The molecule has 0 spiro atoms. The van der Waals surface area contributed by atoms with Gasteiger partial charge in [-0.15, -0.1) is 0 Å². The minimum atomic E-state index is -0.153. The molecule has 0 bridgehead atoms. The van der Waals surface area contributed by atoms with Crippen LogP contribution in [0.4, 0.5) is 5.82 Å². The molecule has 6 heteroatoms. The van der Waals surface area contributed by atoms with Crippen LogP contribution in [-0.2, 0) is 11.3 Å². The van der Waals surface area contributed by atoms with Gasteiger partial charge in [-0.2, -0.15) is 0 Å². The van der Waals surface area contributed by atoms with Crippen LogP contribution in [0.25, 0.3) is 0 Å². The van der Waals surface area contributed by atoms with E-state index in [4.69, 9.17) is 9.15 Å². The van der Waals surface area contributed by atoms with Gasteiger partial charge in [-0.3, -0.25) is 4.79 Å². The average molecular weight is 301 g/mol. The average Bonchev–Trinajstić information content (AvgIpc) is 3.08. The van der Waals surface area contributed by atoms with E-state index in [1.165, 1.54) is 12.5 Å². The lowest BCUT2D eigenvalue weighted by Gasteiger charge is -2.32. The van der Waals surface area contributed by atoms with E-state index in [0.29, 0.717) is 12.1 Å². The Balaban J connectivity index is 1.56. The Kier molecular flexibility index (Phi) is 4.39. The zero-order valence-corrected chi connectivity index (χ0v) is 12.5. The third-order valence-corrected chi connectivity index (χ3v) is 3.61. The van der Waals surface area contributed by atoms with Crippen molar-refractivity contribution in [2.45, 2.75) is 19.6 Å². The molecule has 1 atom stereocenters. The molecule has 1 unspecified atom stereocenters. The van der Waals surface area contributed by atoms with Gasteiger partial charge < -0.3 is 19.4 Å². The molecule has 1 aliphatic heterocycles. The highest BCUT2D eigenvalue weighted by molar-refractivity contribution is 5.93. The third kappa shape index (κ3) is 3.46. The van der Waals surface area contributed by atoms with Crippen molar-refractivity contribution >= 4 is 11.7 Å². The van der Waals surface area contributed by atoms with Crippen LogP contribution in [0.3, 0.4) is 0 Å². The Labute approximate surface area is 129 Å². The summed E-state index contributed by atoms with van der Waals surface area (Å²) in [6, 6.07) is 5.60. The summed E-state index contributed by atoms with van der Waals surface area (Å²) in [6.45, 7) is 4.94. The molecule has 2 aromatic rings. The lowest BCUT2D eigenvalue weighted by molar-refractivity contribution is 0.0529. The van der Waals surface area contributed by atoms with Gasteiger partial charge >= 0.3 is 0 Å². The van der Waals surface area contributed by atoms with Crippen molar-refractivity contribution in [2.75, 3.05) is 24.6 Å². The smallest absolute Gasteiger partial charge is 0.254 e. The minimum absolute atomic E-state index is 0.153. The van der Waals surface area contributed by atoms with E-state index in [0.717, 1.165) is 31.1 Å². The molecule has 3 rings (SSSR count). The van der Waals surface area contributed by atoms with Gasteiger partial charge in [0.25, 0.3) is 5.91 Å². The van der Waals surface area contributed by atoms with Crippen LogP contribution in [0.2, 0.25) is 0 Å². The second kappa shape index (κ2) is 6.62. The van der Waals surface area contributed by atoms with Crippen LogP contribution in [0.1, 0.15) is 22.8 Å². The number of pyridine rings is 1. The van der Waals surface area contributed by atoms with Gasteiger partial charge in [-0.05, 0) is 24.6 Å². The normalized spacial score (nSPS) is 18.2. The van der Waals surface area contributed by atoms with Gasteiger partial charge in [0.05, 0.1) is 24.5 Å². The first-order valence-electron chi connectivity index (χ1n) is 7.34. The second-order valence-electron chi connectivity index (χ2n) is 5.35. The molecule has 0 radical (unpaired) electrons. The van der Waals surface area contributed by atoms with Gasteiger partial charge in [0.15, 0.2) is 0 Å². The van der Waals surface area contributed by atoms with Crippen molar-refractivity contribution in [3.05, 3.63) is 48.0 Å². The molecule has 22 heavy (non-hydrogen) atoms. The SMILES string of the molecule is CC1CN(c2ccc(CNC(=O)c3ccoc3)cn2)CCO1. The third-order valence-electron chi connectivity index (χ3n) is 3.61. The van der Waals surface area contributed by atoms with Gasteiger partial charge in [0.2, 0.25) is 0 Å². The number of nitrogens with one attached hydrogen (secondary N) is 1. The molecule has 1 aliphatic rings. The van der Waals surface area contributed by atoms with Crippen molar-refractivity contribution < 1.29 is 13.9 Å². The number of carbonyl (C=O) groups is 1. The van der Waals surface area contributed by atoms with Crippen LogP contribution in [-0.4, -0.2) is 36.7 Å². The summed E-state index contributed by atoms with van der Waals surface area (Å²) in [5, 5.41) is 2.83. The van der Waals surface area contributed by atoms with E-state index in [1.54, 1.807) is 12.3 Å². The highest BCUT2D eigenvalue weighted by atomic mass is 16.5. The summed E-state index contributed by atoms with van der Waals surface area (Å²) in [4.78, 5) is 18.5. The van der Waals surface area contributed by atoms with Gasteiger partial charge in [0.1, 0.15) is 12.1 Å². The van der Waals surface area contributed by atoms with Crippen LogP contribution >= 0.6 is 0 Å². The van der Waals surface area contributed by atoms with Crippen LogP contribution in [0.15, 0.2) is 41.3 Å². The summed E-state index contributed by atoms with van der Waals surface area (Å²) in [7, 11) is 0.